The average Bonchev–Trinajstić information content (AvgIpc) is 2.94. The first-order valence-corrected chi connectivity index (χ1v) is 8.57. The summed E-state index contributed by atoms with van der Waals surface area (Å²) in [6, 6.07) is 0. The van der Waals surface area contributed by atoms with E-state index in [4.69, 9.17) is 4.74 Å². The fourth-order valence-electron chi connectivity index (χ4n) is 4.61. The Morgan fingerprint density at radius 3 is 2.60 bits per heavy atom. The van der Waals surface area contributed by atoms with E-state index in [-0.39, 0.29) is 34.7 Å². The van der Waals surface area contributed by atoms with Gasteiger partial charge in [0.25, 0.3) is 0 Å². The molecule has 5 nitrogen and oxygen atoms in total. The first kappa shape index (κ1) is 16.2. The summed E-state index contributed by atoms with van der Waals surface area (Å²) in [5.41, 5.74) is 2.69. The minimum atomic E-state index is -0.766. The zero-order valence-corrected chi connectivity index (χ0v) is 14.8. The number of carbonyl (C=O) groups excluding carboxylic acids is 1. The van der Waals surface area contributed by atoms with Crippen molar-refractivity contribution < 1.29 is 24.9 Å². The Morgan fingerprint density at radius 1 is 1.24 bits per heavy atom. The van der Waals surface area contributed by atoms with E-state index >= 15 is 0 Å². The van der Waals surface area contributed by atoms with Gasteiger partial charge in [0.2, 0.25) is 0 Å². The number of aliphatic hydroxyl groups is 1. The van der Waals surface area contributed by atoms with E-state index in [0.717, 1.165) is 16.7 Å². The molecule has 4 rings (SSSR count). The van der Waals surface area contributed by atoms with Crippen LogP contribution in [0.25, 0.3) is 0 Å². The minimum absolute atomic E-state index is 0.0897. The molecular weight excluding hydrogens is 320 g/mol. The summed E-state index contributed by atoms with van der Waals surface area (Å²) in [4.78, 5) is 12.8. The van der Waals surface area contributed by atoms with Gasteiger partial charge in [0.15, 0.2) is 17.3 Å². The normalized spacial score (nSPS) is 30.4. The van der Waals surface area contributed by atoms with E-state index in [9.17, 15) is 20.1 Å². The van der Waals surface area contributed by atoms with Gasteiger partial charge in [-0.25, -0.2) is 0 Å². The van der Waals surface area contributed by atoms with E-state index in [1.807, 2.05) is 27.7 Å². The van der Waals surface area contributed by atoms with Crippen molar-refractivity contribution in [3.05, 3.63) is 39.5 Å². The zero-order valence-electron chi connectivity index (χ0n) is 14.8. The second-order valence-corrected chi connectivity index (χ2v) is 7.67. The van der Waals surface area contributed by atoms with Gasteiger partial charge in [-0.15, -0.1) is 0 Å². The van der Waals surface area contributed by atoms with Crippen LogP contribution in [-0.2, 0) is 11.8 Å². The van der Waals surface area contributed by atoms with E-state index in [1.54, 1.807) is 0 Å². The van der Waals surface area contributed by atoms with Crippen molar-refractivity contribution in [1.29, 1.82) is 0 Å². The predicted octanol–water partition coefficient (Wildman–Crippen LogP) is 2.90. The molecule has 0 aromatic heterocycles. The van der Waals surface area contributed by atoms with E-state index in [1.165, 1.54) is 6.08 Å². The number of hydrogen-bond donors (Lipinski definition) is 3. The number of ether oxygens (including phenoxy) is 1. The maximum Gasteiger partial charge on any atom is 0.190 e. The molecule has 0 bridgehead atoms. The van der Waals surface area contributed by atoms with Crippen molar-refractivity contribution in [1.82, 2.24) is 0 Å². The van der Waals surface area contributed by atoms with E-state index in [2.05, 4.69) is 0 Å². The molecule has 0 radical (unpaired) electrons. The van der Waals surface area contributed by atoms with Crippen molar-refractivity contribution in [2.45, 2.75) is 58.2 Å². The quantitative estimate of drug-likeness (QED) is 0.631. The number of phenolic OH excluding ortho intramolecular Hbond substituents is 2. The third kappa shape index (κ3) is 1.90. The lowest BCUT2D eigenvalue weighted by molar-refractivity contribution is 0.102. The number of allylic oxidation sites excluding steroid dienone is 3. The molecular formula is C20H22O5. The van der Waals surface area contributed by atoms with Crippen LogP contribution in [0.15, 0.2) is 22.8 Å². The summed E-state index contributed by atoms with van der Waals surface area (Å²) >= 11 is 0. The molecule has 3 N–H and O–H groups in total. The fraction of sp³-hybridized carbons (Fsp3) is 0.450. The molecule has 1 aromatic rings. The van der Waals surface area contributed by atoms with Crippen molar-refractivity contribution in [3.8, 4) is 17.2 Å². The van der Waals surface area contributed by atoms with Crippen LogP contribution in [0, 0.1) is 0 Å². The topological polar surface area (TPSA) is 87.0 Å². The lowest BCUT2D eigenvalue weighted by atomic mass is 9.60. The molecule has 0 fully saturated rings. The maximum atomic E-state index is 12.8. The van der Waals surface area contributed by atoms with Crippen LogP contribution in [0.1, 0.15) is 55.6 Å². The van der Waals surface area contributed by atoms with Crippen LogP contribution in [-0.4, -0.2) is 33.3 Å². The molecule has 0 unspecified atom stereocenters. The summed E-state index contributed by atoms with van der Waals surface area (Å²) in [7, 11) is 0. The Kier molecular flexibility index (Phi) is 3.17. The van der Waals surface area contributed by atoms with Gasteiger partial charge in [-0.2, -0.15) is 0 Å². The highest BCUT2D eigenvalue weighted by atomic mass is 16.5. The number of phenols is 2. The molecule has 3 atom stereocenters. The maximum absolute atomic E-state index is 12.8. The molecule has 132 valence electrons. The van der Waals surface area contributed by atoms with E-state index < -0.39 is 11.5 Å². The number of fused-ring (bicyclic) bond motifs is 4. The summed E-state index contributed by atoms with van der Waals surface area (Å²) < 4.78 is 5.70. The highest BCUT2D eigenvalue weighted by Gasteiger charge is 2.48. The van der Waals surface area contributed by atoms with Gasteiger partial charge >= 0.3 is 0 Å². The molecule has 1 heterocycles. The molecule has 5 heteroatoms. The van der Waals surface area contributed by atoms with Gasteiger partial charge in [-0.1, -0.05) is 6.92 Å². The molecule has 1 aliphatic heterocycles. The van der Waals surface area contributed by atoms with Crippen LogP contribution >= 0.6 is 0 Å². The second kappa shape index (κ2) is 4.88. The first-order valence-electron chi connectivity index (χ1n) is 8.57. The molecule has 25 heavy (non-hydrogen) atoms. The van der Waals surface area contributed by atoms with Crippen molar-refractivity contribution in [2.75, 3.05) is 0 Å². The second-order valence-electron chi connectivity index (χ2n) is 7.67. The van der Waals surface area contributed by atoms with E-state index in [0.29, 0.717) is 24.0 Å². The Labute approximate surface area is 146 Å². The summed E-state index contributed by atoms with van der Waals surface area (Å²) in [5, 5.41) is 32.2. The monoisotopic (exact) mass is 342 g/mol. The van der Waals surface area contributed by atoms with Gasteiger partial charge in [-0.3, -0.25) is 4.79 Å². The SMILES string of the molecule is CC1=C(C)[C@@H](O)C[C@@]2(C)C1=CC(=O)c1c(O)c3c(c(O)c12)O[C@@H](C)C3. The average molecular weight is 342 g/mol. The smallest absolute Gasteiger partial charge is 0.190 e. The molecule has 0 spiro atoms. The summed E-state index contributed by atoms with van der Waals surface area (Å²) in [6.45, 7) is 7.48. The Hall–Kier alpha value is -2.27. The van der Waals surface area contributed by atoms with Gasteiger partial charge in [0.1, 0.15) is 11.9 Å². The molecule has 0 amide bonds. The number of ketones is 1. The van der Waals surface area contributed by atoms with Crippen LogP contribution in [0.3, 0.4) is 0 Å². The highest BCUT2D eigenvalue weighted by Crippen LogP contribution is 2.58. The minimum Gasteiger partial charge on any atom is -0.507 e. The number of carbonyl (C=O) groups is 1. The van der Waals surface area contributed by atoms with Gasteiger partial charge < -0.3 is 20.1 Å². The number of hydrogen-bond acceptors (Lipinski definition) is 5. The molecule has 0 saturated heterocycles. The van der Waals surface area contributed by atoms with Gasteiger partial charge in [0.05, 0.1) is 11.7 Å². The number of aliphatic hydroxyl groups excluding tert-OH is 1. The molecule has 2 aliphatic carbocycles. The Bertz CT molecular complexity index is 892. The first-order chi connectivity index (χ1) is 11.7. The lowest BCUT2D eigenvalue weighted by Crippen LogP contribution is -2.39. The molecule has 1 aromatic carbocycles. The van der Waals surface area contributed by atoms with Crippen LogP contribution in [0.5, 0.6) is 17.2 Å². The standard InChI is InChI=1S/C20H22O5/c1-8-5-11-17(23)15-13(21)6-12-9(2)10(3)14(22)7-20(12,4)16(15)18(24)19(11)25-8/h6,8,14,22-24H,5,7H2,1-4H3/t8-,14-,20-/m0/s1. The number of rotatable bonds is 0. The van der Waals surface area contributed by atoms with Crippen molar-refractivity contribution in [2.24, 2.45) is 0 Å². The third-order valence-electron chi connectivity index (χ3n) is 6.07. The summed E-state index contributed by atoms with van der Waals surface area (Å²) in [6.07, 6.45) is 1.48. The largest absolute Gasteiger partial charge is 0.507 e. The Balaban J connectivity index is 2.07. The van der Waals surface area contributed by atoms with Crippen LogP contribution < -0.4 is 4.74 Å². The zero-order chi connectivity index (χ0) is 18.3. The summed E-state index contributed by atoms with van der Waals surface area (Å²) in [5.74, 6) is -0.251. The fourth-order valence-corrected chi connectivity index (χ4v) is 4.61. The van der Waals surface area contributed by atoms with Crippen molar-refractivity contribution >= 4 is 5.78 Å². The number of aromatic hydroxyl groups is 2. The van der Waals surface area contributed by atoms with Gasteiger partial charge in [-0.05, 0) is 50.0 Å². The molecule has 3 aliphatic rings. The molecule has 0 saturated carbocycles. The number of benzene rings is 1. The predicted molar refractivity (Wildman–Crippen MR) is 92.3 cm³/mol. The van der Waals surface area contributed by atoms with Crippen LogP contribution in [0.4, 0.5) is 0 Å². The highest BCUT2D eigenvalue weighted by molar-refractivity contribution is 6.12. The van der Waals surface area contributed by atoms with Crippen LogP contribution in [0.2, 0.25) is 0 Å². The Morgan fingerprint density at radius 2 is 1.92 bits per heavy atom. The van der Waals surface area contributed by atoms with Gasteiger partial charge in [0, 0.05) is 23.0 Å². The lowest BCUT2D eigenvalue weighted by Gasteiger charge is -2.43. The third-order valence-corrected chi connectivity index (χ3v) is 6.07. The van der Waals surface area contributed by atoms with Crippen molar-refractivity contribution in [3.63, 3.8) is 0 Å².